The number of phenolic OH excluding ortho intramolecular Hbond substituents is 1. The lowest BCUT2D eigenvalue weighted by Crippen LogP contribution is -2.51. The zero-order valence-electron chi connectivity index (χ0n) is 16.1. The maximum absolute atomic E-state index is 11.8. The number of rotatable bonds is 2. The average Bonchev–Trinajstić information content (AvgIpc) is 2.83. The fraction of sp³-hybridized carbons (Fsp3) is 0.526. The fourth-order valence-corrected chi connectivity index (χ4v) is 3.62. The first-order chi connectivity index (χ1) is 12.7. The molecule has 8 heteroatoms. The van der Waals surface area contributed by atoms with Crippen LogP contribution in [-0.4, -0.2) is 64.0 Å². The van der Waals surface area contributed by atoms with Crippen LogP contribution >= 0.6 is 0 Å². The molecule has 1 aromatic heterocycles. The minimum Gasteiger partial charge on any atom is -0.504 e. The van der Waals surface area contributed by atoms with Crippen molar-refractivity contribution < 1.29 is 19.7 Å². The normalized spacial score (nSPS) is 18.4. The van der Waals surface area contributed by atoms with Gasteiger partial charge in [-0.15, -0.1) is 0 Å². The van der Waals surface area contributed by atoms with Crippen LogP contribution in [0.2, 0.25) is 0 Å². The second-order valence-electron chi connectivity index (χ2n) is 7.90. The number of carboxylic acid groups (broad SMARTS) is 1. The minimum atomic E-state index is -0.893. The number of ether oxygens (including phenoxy) is 1. The van der Waals surface area contributed by atoms with Crippen molar-refractivity contribution in [2.24, 2.45) is 5.41 Å². The Hall–Kier alpha value is -2.77. The van der Waals surface area contributed by atoms with Gasteiger partial charge in [0.25, 0.3) is 0 Å². The summed E-state index contributed by atoms with van der Waals surface area (Å²) >= 11 is 0. The van der Waals surface area contributed by atoms with Crippen LogP contribution in [0.5, 0.6) is 11.5 Å². The highest BCUT2D eigenvalue weighted by atomic mass is 16.5. The van der Waals surface area contributed by atoms with Gasteiger partial charge < -0.3 is 24.7 Å². The highest BCUT2D eigenvalue weighted by Crippen LogP contribution is 2.35. The van der Waals surface area contributed by atoms with E-state index in [1.807, 2.05) is 0 Å². The number of hydrogen-bond donors (Lipinski definition) is 2. The Kier molecular flexibility index (Phi) is 4.99. The van der Waals surface area contributed by atoms with Crippen molar-refractivity contribution in [3.05, 3.63) is 18.5 Å². The van der Waals surface area contributed by atoms with Crippen LogP contribution in [-0.2, 0) is 0 Å². The van der Waals surface area contributed by atoms with E-state index in [-0.39, 0.29) is 17.2 Å². The molecule has 146 valence electrons. The first-order valence-corrected chi connectivity index (χ1v) is 8.98. The molecular weight excluding hydrogens is 348 g/mol. The highest BCUT2D eigenvalue weighted by Gasteiger charge is 2.37. The van der Waals surface area contributed by atoms with Crippen molar-refractivity contribution >= 4 is 22.8 Å². The number of methoxy groups -OCH3 is 1. The van der Waals surface area contributed by atoms with E-state index >= 15 is 0 Å². The standard InChI is InChI=1S/C19H26N4O4/c1-19(2,3)16-10-22(6-5-7-23(16)18(25)26)17-12-8-15(27-4)14(24)9-13(12)20-11-21-17/h8-9,11,16,24H,5-7,10H2,1-4H3,(H,25,26). The summed E-state index contributed by atoms with van der Waals surface area (Å²) in [6.45, 7) is 7.86. The number of anilines is 1. The predicted octanol–water partition coefficient (Wildman–Crippen LogP) is 2.95. The molecule has 2 aromatic rings. The molecule has 1 aliphatic heterocycles. The second kappa shape index (κ2) is 7.09. The largest absolute Gasteiger partial charge is 0.504 e. The lowest BCUT2D eigenvalue weighted by molar-refractivity contribution is 0.0902. The lowest BCUT2D eigenvalue weighted by atomic mass is 9.85. The maximum Gasteiger partial charge on any atom is 0.407 e. The van der Waals surface area contributed by atoms with Crippen molar-refractivity contribution in [3.8, 4) is 11.5 Å². The Morgan fingerprint density at radius 1 is 1.26 bits per heavy atom. The monoisotopic (exact) mass is 374 g/mol. The van der Waals surface area contributed by atoms with Gasteiger partial charge in [0.1, 0.15) is 12.1 Å². The fourth-order valence-electron chi connectivity index (χ4n) is 3.62. The van der Waals surface area contributed by atoms with Crippen LogP contribution in [0, 0.1) is 5.41 Å². The van der Waals surface area contributed by atoms with Crippen molar-refractivity contribution in [2.75, 3.05) is 31.6 Å². The van der Waals surface area contributed by atoms with E-state index in [1.165, 1.54) is 18.3 Å². The molecule has 0 saturated carbocycles. The van der Waals surface area contributed by atoms with Crippen LogP contribution in [0.3, 0.4) is 0 Å². The van der Waals surface area contributed by atoms with E-state index in [4.69, 9.17) is 4.74 Å². The summed E-state index contributed by atoms with van der Waals surface area (Å²) in [6, 6.07) is 3.11. The molecule has 2 heterocycles. The smallest absolute Gasteiger partial charge is 0.407 e. The molecule has 27 heavy (non-hydrogen) atoms. The van der Waals surface area contributed by atoms with Gasteiger partial charge in [0.15, 0.2) is 11.5 Å². The summed E-state index contributed by atoms with van der Waals surface area (Å²) in [7, 11) is 1.50. The molecule has 0 bridgehead atoms. The summed E-state index contributed by atoms with van der Waals surface area (Å²) in [5.41, 5.74) is 0.393. The summed E-state index contributed by atoms with van der Waals surface area (Å²) in [5, 5.41) is 20.5. The number of nitrogens with zero attached hydrogens (tertiary/aromatic N) is 4. The molecule has 8 nitrogen and oxygen atoms in total. The molecule has 0 radical (unpaired) electrons. The zero-order chi connectivity index (χ0) is 19.8. The summed E-state index contributed by atoms with van der Waals surface area (Å²) in [4.78, 5) is 24.2. The molecule has 1 aliphatic rings. The Morgan fingerprint density at radius 2 is 2.00 bits per heavy atom. The lowest BCUT2D eigenvalue weighted by Gasteiger charge is -2.39. The first kappa shape index (κ1) is 19.0. The van der Waals surface area contributed by atoms with Gasteiger partial charge in [-0.25, -0.2) is 14.8 Å². The number of carbonyl (C=O) groups is 1. The number of fused-ring (bicyclic) bond motifs is 1. The molecule has 1 amide bonds. The number of aromatic hydroxyl groups is 1. The second-order valence-corrected chi connectivity index (χ2v) is 7.90. The minimum absolute atomic E-state index is 0.0233. The predicted molar refractivity (Wildman–Crippen MR) is 103 cm³/mol. The number of benzene rings is 1. The highest BCUT2D eigenvalue weighted by molar-refractivity contribution is 5.92. The quantitative estimate of drug-likeness (QED) is 0.834. The van der Waals surface area contributed by atoms with Crippen molar-refractivity contribution in [2.45, 2.75) is 33.2 Å². The number of aromatic nitrogens is 2. The Morgan fingerprint density at radius 3 is 2.63 bits per heavy atom. The first-order valence-electron chi connectivity index (χ1n) is 8.98. The van der Waals surface area contributed by atoms with Gasteiger partial charge in [-0.1, -0.05) is 20.8 Å². The van der Waals surface area contributed by atoms with E-state index in [0.29, 0.717) is 37.3 Å². The number of amides is 1. The molecule has 1 aromatic carbocycles. The van der Waals surface area contributed by atoms with Gasteiger partial charge in [0.05, 0.1) is 18.7 Å². The Bertz CT molecular complexity index is 849. The Labute approximate surface area is 158 Å². The molecule has 1 saturated heterocycles. The van der Waals surface area contributed by atoms with Gasteiger partial charge in [-0.3, -0.25) is 0 Å². The van der Waals surface area contributed by atoms with E-state index < -0.39 is 6.09 Å². The van der Waals surface area contributed by atoms with Crippen molar-refractivity contribution in [1.82, 2.24) is 14.9 Å². The van der Waals surface area contributed by atoms with E-state index in [1.54, 1.807) is 12.1 Å². The van der Waals surface area contributed by atoms with E-state index in [0.717, 1.165) is 11.2 Å². The van der Waals surface area contributed by atoms with Crippen LogP contribution in [0.15, 0.2) is 18.5 Å². The van der Waals surface area contributed by atoms with Crippen LogP contribution in [0.4, 0.5) is 10.6 Å². The van der Waals surface area contributed by atoms with Crippen LogP contribution in [0.25, 0.3) is 10.9 Å². The topological polar surface area (TPSA) is 99.0 Å². The third-order valence-corrected chi connectivity index (χ3v) is 5.06. The summed E-state index contributed by atoms with van der Waals surface area (Å²) in [6.07, 6.45) is 1.28. The Balaban J connectivity index is 2.06. The average molecular weight is 374 g/mol. The summed E-state index contributed by atoms with van der Waals surface area (Å²) in [5.74, 6) is 1.10. The SMILES string of the molecule is COc1cc2c(N3CCCN(C(=O)O)C(C(C)(C)C)C3)ncnc2cc1O. The van der Waals surface area contributed by atoms with Crippen LogP contribution < -0.4 is 9.64 Å². The van der Waals surface area contributed by atoms with Gasteiger partial charge in [0.2, 0.25) is 0 Å². The molecule has 1 fully saturated rings. The van der Waals surface area contributed by atoms with E-state index in [9.17, 15) is 15.0 Å². The van der Waals surface area contributed by atoms with E-state index in [2.05, 4.69) is 35.6 Å². The molecule has 1 unspecified atom stereocenters. The third kappa shape index (κ3) is 3.70. The van der Waals surface area contributed by atoms with Gasteiger partial charge in [0, 0.05) is 31.1 Å². The molecule has 1 atom stereocenters. The van der Waals surface area contributed by atoms with Crippen LogP contribution in [0.1, 0.15) is 27.2 Å². The maximum atomic E-state index is 11.8. The van der Waals surface area contributed by atoms with Gasteiger partial charge in [-0.05, 0) is 17.9 Å². The molecule has 2 N–H and O–H groups in total. The molecular formula is C19H26N4O4. The number of hydrogen-bond acceptors (Lipinski definition) is 6. The third-order valence-electron chi connectivity index (χ3n) is 5.06. The molecule has 0 aliphatic carbocycles. The molecule has 0 spiro atoms. The van der Waals surface area contributed by atoms with Gasteiger partial charge >= 0.3 is 6.09 Å². The molecule has 3 rings (SSSR count). The summed E-state index contributed by atoms with van der Waals surface area (Å²) < 4.78 is 5.23. The van der Waals surface area contributed by atoms with Crippen molar-refractivity contribution in [3.63, 3.8) is 0 Å². The number of phenols is 1. The van der Waals surface area contributed by atoms with Crippen molar-refractivity contribution in [1.29, 1.82) is 0 Å². The zero-order valence-corrected chi connectivity index (χ0v) is 16.1. The van der Waals surface area contributed by atoms with Gasteiger partial charge in [-0.2, -0.15) is 0 Å².